The topological polar surface area (TPSA) is 107 Å². The van der Waals surface area contributed by atoms with Gasteiger partial charge < -0.3 is 15.1 Å². The third-order valence-electron chi connectivity index (χ3n) is 5.36. The highest BCUT2D eigenvalue weighted by Crippen LogP contribution is 2.37. The molecule has 3 unspecified atom stereocenters. The van der Waals surface area contributed by atoms with Gasteiger partial charge in [0.2, 0.25) is 5.91 Å². The van der Waals surface area contributed by atoms with Crippen LogP contribution in [0.5, 0.6) is 0 Å². The monoisotopic (exact) mass is 444 g/mol. The molecule has 2 aromatic carbocycles. The average molecular weight is 445 g/mol. The number of carbonyl (C=O) groups is 3. The summed E-state index contributed by atoms with van der Waals surface area (Å²) < 4.78 is 0. The van der Waals surface area contributed by atoms with Crippen LogP contribution in [0.15, 0.2) is 42.5 Å². The Morgan fingerprint density at radius 2 is 1.87 bits per heavy atom. The second-order valence-corrected chi connectivity index (χ2v) is 9.48. The average Bonchev–Trinajstić information content (AvgIpc) is 2.86. The van der Waals surface area contributed by atoms with Crippen LogP contribution in [0.2, 0.25) is 0 Å². The summed E-state index contributed by atoms with van der Waals surface area (Å²) in [5.74, 6) is -1.96. The Labute approximate surface area is 185 Å². The highest BCUT2D eigenvalue weighted by molar-refractivity contribution is 7.99. The number of aliphatic carboxylic acids is 2. The first-order valence-electron chi connectivity index (χ1n) is 10.3. The highest BCUT2D eigenvalue weighted by Gasteiger charge is 2.36. The quantitative estimate of drug-likeness (QED) is 0.575. The van der Waals surface area contributed by atoms with Crippen molar-refractivity contribution in [2.24, 2.45) is 5.92 Å². The van der Waals surface area contributed by atoms with Crippen molar-refractivity contribution in [3.63, 3.8) is 0 Å². The minimum absolute atomic E-state index is 0.116. The fraction of sp³-hybridized carbons (Fsp3) is 0.435. The number of thioether (sulfide) groups is 1. The third kappa shape index (κ3) is 5.77. The van der Waals surface area contributed by atoms with Crippen LogP contribution >= 0.6 is 11.8 Å². The second-order valence-electron chi connectivity index (χ2n) is 8.24. The second kappa shape index (κ2) is 10.2. The molecule has 3 rings (SSSR count). The number of rotatable bonds is 8. The van der Waals surface area contributed by atoms with E-state index in [-0.39, 0.29) is 23.6 Å². The normalized spacial score (nSPS) is 20.6. The van der Waals surface area contributed by atoms with E-state index >= 15 is 0 Å². The van der Waals surface area contributed by atoms with Gasteiger partial charge in [-0.05, 0) is 28.7 Å². The van der Waals surface area contributed by atoms with Crippen molar-refractivity contribution in [1.82, 2.24) is 10.2 Å². The van der Waals surface area contributed by atoms with Gasteiger partial charge in [-0.1, -0.05) is 56.3 Å². The molecule has 1 saturated heterocycles. The Kier molecular flexibility index (Phi) is 7.56. The van der Waals surface area contributed by atoms with Crippen molar-refractivity contribution in [2.45, 2.75) is 37.6 Å². The minimum Gasteiger partial charge on any atom is -0.480 e. The van der Waals surface area contributed by atoms with Gasteiger partial charge in [-0.25, -0.2) is 0 Å². The standard InChI is InChI=1S/C23H28N2O5S/c1-14(2)10-18(23(29)30)24-19-13-31-20(11-25(22(19)28)12-21(26)27)17-9-5-7-15-6-3-4-8-16(15)17/h3-9,14,18-20,24H,10-13H2,1-2H3,(H,26,27)(H,29,30). The summed E-state index contributed by atoms with van der Waals surface area (Å²) in [4.78, 5) is 37.6. The van der Waals surface area contributed by atoms with Gasteiger partial charge in [0.25, 0.3) is 0 Å². The summed E-state index contributed by atoms with van der Waals surface area (Å²) in [6.07, 6.45) is 0.384. The van der Waals surface area contributed by atoms with Crippen molar-refractivity contribution in [3.05, 3.63) is 48.0 Å². The van der Waals surface area contributed by atoms with Gasteiger partial charge in [0.15, 0.2) is 0 Å². The van der Waals surface area contributed by atoms with Crippen LogP contribution in [-0.4, -0.2) is 63.9 Å². The Hall–Kier alpha value is -2.58. The van der Waals surface area contributed by atoms with Crippen LogP contribution in [0.1, 0.15) is 31.1 Å². The van der Waals surface area contributed by atoms with E-state index in [9.17, 15) is 24.6 Å². The van der Waals surface area contributed by atoms with Crippen molar-refractivity contribution in [3.8, 4) is 0 Å². The molecule has 0 aromatic heterocycles. The van der Waals surface area contributed by atoms with Crippen LogP contribution in [0.4, 0.5) is 0 Å². The number of hydrogen-bond acceptors (Lipinski definition) is 5. The maximum atomic E-state index is 13.2. The molecule has 7 nitrogen and oxygen atoms in total. The maximum absolute atomic E-state index is 13.2. The molecule has 0 spiro atoms. The lowest BCUT2D eigenvalue weighted by Crippen LogP contribution is -2.53. The summed E-state index contributed by atoms with van der Waals surface area (Å²) in [7, 11) is 0. The lowest BCUT2D eigenvalue weighted by atomic mass is 10.0. The molecule has 1 aliphatic rings. The van der Waals surface area contributed by atoms with Crippen molar-refractivity contribution in [2.75, 3.05) is 18.8 Å². The van der Waals surface area contributed by atoms with E-state index in [0.717, 1.165) is 16.3 Å². The Morgan fingerprint density at radius 3 is 2.55 bits per heavy atom. The largest absolute Gasteiger partial charge is 0.480 e. The highest BCUT2D eigenvalue weighted by atomic mass is 32.2. The van der Waals surface area contributed by atoms with E-state index in [1.54, 1.807) is 11.8 Å². The van der Waals surface area contributed by atoms with Gasteiger partial charge in [-0.3, -0.25) is 19.7 Å². The number of hydrogen-bond donors (Lipinski definition) is 3. The molecule has 3 atom stereocenters. The summed E-state index contributed by atoms with van der Waals surface area (Å²) in [5, 5.41) is 24.0. The number of nitrogens with one attached hydrogen (secondary N) is 1. The Balaban J connectivity index is 1.90. The first-order chi connectivity index (χ1) is 14.8. The molecule has 2 aromatic rings. The predicted molar refractivity (Wildman–Crippen MR) is 121 cm³/mol. The number of amides is 1. The lowest BCUT2D eigenvalue weighted by Gasteiger charge is -2.27. The zero-order valence-corrected chi connectivity index (χ0v) is 18.5. The fourth-order valence-electron chi connectivity index (χ4n) is 3.95. The first kappa shape index (κ1) is 23.1. The number of fused-ring (bicyclic) bond motifs is 1. The summed E-state index contributed by atoms with van der Waals surface area (Å²) in [6.45, 7) is 3.69. The molecule has 31 heavy (non-hydrogen) atoms. The number of benzene rings is 2. The van der Waals surface area contributed by atoms with Gasteiger partial charge in [-0.2, -0.15) is 0 Å². The van der Waals surface area contributed by atoms with Crippen LogP contribution < -0.4 is 5.32 Å². The molecule has 0 radical (unpaired) electrons. The van der Waals surface area contributed by atoms with E-state index in [4.69, 9.17) is 0 Å². The van der Waals surface area contributed by atoms with Crippen molar-refractivity contribution in [1.29, 1.82) is 0 Å². The number of carboxylic acid groups (broad SMARTS) is 2. The minimum atomic E-state index is -1.09. The molecule has 0 aliphatic carbocycles. The molecule has 166 valence electrons. The van der Waals surface area contributed by atoms with Crippen LogP contribution in [0, 0.1) is 5.92 Å². The molecule has 0 bridgehead atoms. The number of carbonyl (C=O) groups excluding carboxylic acids is 1. The molecule has 0 saturated carbocycles. The van der Waals surface area contributed by atoms with Crippen LogP contribution in [0.25, 0.3) is 10.8 Å². The molecular weight excluding hydrogens is 416 g/mol. The van der Waals surface area contributed by atoms with E-state index < -0.39 is 30.6 Å². The summed E-state index contributed by atoms with van der Waals surface area (Å²) in [6, 6.07) is 12.3. The van der Waals surface area contributed by atoms with E-state index in [1.165, 1.54) is 4.90 Å². The van der Waals surface area contributed by atoms with Crippen LogP contribution in [0.3, 0.4) is 0 Å². The van der Waals surface area contributed by atoms with Gasteiger partial charge in [0.1, 0.15) is 12.6 Å². The maximum Gasteiger partial charge on any atom is 0.323 e. The van der Waals surface area contributed by atoms with Gasteiger partial charge in [-0.15, -0.1) is 11.8 Å². The number of nitrogens with zero attached hydrogens (tertiary/aromatic N) is 1. The molecule has 1 aliphatic heterocycles. The number of carboxylic acids is 2. The van der Waals surface area contributed by atoms with Crippen molar-refractivity contribution >= 4 is 40.4 Å². The van der Waals surface area contributed by atoms with Crippen LogP contribution in [-0.2, 0) is 14.4 Å². The Morgan fingerprint density at radius 1 is 1.16 bits per heavy atom. The third-order valence-corrected chi connectivity index (χ3v) is 6.70. The predicted octanol–water partition coefficient (Wildman–Crippen LogP) is 3.00. The summed E-state index contributed by atoms with van der Waals surface area (Å²) in [5.41, 5.74) is 1.05. The van der Waals surface area contributed by atoms with E-state index in [2.05, 4.69) is 5.32 Å². The van der Waals surface area contributed by atoms with Gasteiger partial charge in [0, 0.05) is 17.5 Å². The fourth-order valence-corrected chi connectivity index (χ4v) is 5.28. The molecule has 1 heterocycles. The molecule has 8 heteroatoms. The molecule has 3 N–H and O–H groups in total. The lowest BCUT2D eigenvalue weighted by molar-refractivity contribution is -0.146. The summed E-state index contributed by atoms with van der Waals surface area (Å²) >= 11 is 1.56. The van der Waals surface area contributed by atoms with E-state index in [1.807, 2.05) is 56.3 Å². The molecular formula is C23H28N2O5S. The van der Waals surface area contributed by atoms with Gasteiger partial charge in [0.05, 0.1) is 6.04 Å². The molecule has 1 amide bonds. The molecule has 1 fully saturated rings. The zero-order valence-electron chi connectivity index (χ0n) is 17.7. The first-order valence-corrected chi connectivity index (χ1v) is 11.4. The van der Waals surface area contributed by atoms with Gasteiger partial charge >= 0.3 is 11.9 Å². The smallest absolute Gasteiger partial charge is 0.323 e. The van der Waals surface area contributed by atoms with Crippen molar-refractivity contribution < 1.29 is 24.6 Å². The zero-order chi connectivity index (χ0) is 22.5. The van der Waals surface area contributed by atoms with E-state index in [0.29, 0.717) is 12.2 Å². The Bertz CT molecular complexity index is 959. The SMILES string of the molecule is CC(C)CC(NC1CSC(c2cccc3ccccc23)CN(CC(=O)O)C1=O)C(=O)O.